The van der Waals surface area contributed by atoms with Gasteiger partial charge in [-0.3, -0.25) is 13.9 Å². The minimum atomic E-state index is -4.22. The standard InChI is InChI=1S/C28H31ClFN3O4S/c1-19(2)31-28(35)21(4)32(17-22-10-8-9-13-25(22)30)27(34)18-33(26-16-23(29)15-14-20(26)3)38(36,37)24-11-6-5-7-12-24/h5-16,19,21H,17-18H2,1-4H3,(H,31,35)/t21-/m1/s1. The first-order chi connectivity index (χ1) is 17.9. The summed E-state index contributed by atoms with van der Waals surface area (Å²) in [5.41, 5.74) is 0.995. The van der Waals surface area contributed by atoms with E-state index < -0.39 is 40.2 Å². The number of anilines is 1. The molecule has 0 saturated carbocycles. The molecule has 7 nitrogen and oxygen atoms in total. The molecule has 10 heteroatoms. The van der Waals surface area contributed by atoms with Gasteiger partial charge >= 0.3 is 0 Å². The topological polar surface area (TPSA) is 86.8 Å². The number of nitrogens with one attached hydrogen (secondary N) is 1. The smallest absolute Gasteiger partial charge is 0.264 e. The van der Waals surface area contributed by atoms with Crippen molar-refractivity contribution in [1.29, 1.82) is 0 Å². The zero-order valence-electron chi connectivity index (χ0n) is 21.7. The van der Waals surface area contributed by atoms with Gasteiger partial charge in [-0.05, 0) is 63.6 Å². The Bertz CT molecular complexity index is 1400. The lowest BCUT2D eigenvalue weighted by Crippen LogP contribution is -2.52. The monoisotopic (exact) mass is 559 g/mol. The number of hydrogen-bond acceptors (Lipinski definition) is 4. The van der Waals surface area contributed by atoms with Crippen molar-refractivity contribution in [2.75, 3.05) is 10.8 Å². The van der Waals surface area contributed by atoms with Crippen LogP contribution in [0.15, 0.2) is 77.7 Å². The molecule has 202 valence electrons. The van der Waals surface area contributed by atoms with Crippen molar-refractivity contribution in [2.24, 2.45) is 0 Å². The van der Waals surface area contributed by atoms with Gasteiger partial charge in [0.15, 0.2) is 0 Å². The Morgan fingerprint density at radius 2 is 1.61 bits per heavy atom. The molecule has 0 fully saturated rings. The summed E-state index contributed by atoms with van der Waals surface area (Å²) in [6.07, 6.45) is 0. The molecule has 3 aromatic carbocycles. The molecular weight excluding hydrogens is 529 g/mol. The van der Waals surface area contributed by atoms with E-state index >= 15 is 0 Å². The second kappa shape index (κ2) is 12.4. The molecule has 0 spiro atoms. The Kier molecular flexibility index (Phi) is 9.51. The summed E-state index contributed by atoms with van der Waals surface area (Å²) in [5.74, 6) is -1.67. The van der Waals surface area contributed by atoms with E-state index in [1.807, 2.05) is 0 Å². The zero-order valence-corrected chi connectivity index (χ0v) is 23.3. The maximum absolute atomic E-state index is 14.6. The van der Waals surface area contributed by atoms with E-state index in [2.05, 4.69) is 5.32 Å². The van der Waals surface area contributed by atoms with E-state index in [0.717, 1.165) is 4.31 Å². The van der Waals surface area contributed by atoms with Gasteiger partial charge in [-0.15, -0.1) is 0 Å². The van der Waals surface area contributed by atoms with Crippen molar-refractivity contribution in [3.63, 3.8) is 0 Å². The lowest BCUT2D eigenvalue weighted by molar-refractivity contribution is -0.139. The van der Waals surface area contributed by atoms with Crippen molar-refractivity contribution in [3.05, 3.63) is 94.8 Å². The molecule has 0 radical (unpaired) electrons. The molecule has 0 saturated heterocycles. The SMILES string of the molecule is Cc1ccc(Cl)cc1N(CC(=O)N(Cc1ccccc1F)[C@H](C)C(=O)NC(C)C)S(=O)(=O)c1ccccc1. The first-order valence-electron chi connectivity index (χ1n) is 12.1. The van der Waals surface area contributed by atoms with Gasteiger partial charge in [0, 0.05) is 23.2 Å². The molecule has 0 aliphatic rings. The average molecular weight is 560 g/mol. The van der Waals surface area contributed by atoms with Crippen molar-refractivity contribution < 1.29 is 22.4 Å². The molecule has 0 heterocycles. The zero-order chi connectivity index (χ0) is 28.0. The van der Waals surface area contributed by atoms with Crippen LogP contribution < -0.4 is 9.62 Å². The predicted molar refractivity (Wildman–Crippen MR) is 147 cm³/mol. The van der Waals surface area contributed by atoms with E-state index in [1.165, 1.54) is 48.2 Å². The molecule has 3 rings (SSSR count). The van der Waals surface area contributed by atoms with Crippen LogP contribution in [0.5, 0.6) is 0 Å². The number of carbonyl (C=O) groups is 2. The summed E-state index contributed by atoms with van der Waals surface area (Å²) in [6, 6.07) is 17.2. The molecular formula is C28H31ClFN3O4S. The lowest BCUT2D eigenvalue weighted by atomic mass is 10.1. The van der Waals surface area contributed by atoms with E-state index in [-0.39, 0.29) is 28.7 Å². The molecule has 1 N–H and O–H groups in total. The van der Waals surface area contributed by atoms with Crippen LogP contribution in [0.2, 0.25) is 5.02 Å². The summed E-state index contributed by atoms with van der Waals surface area (Å²) < 4.78 is 43.1. The Hall–Kier alpha value is -3.43. The molecule has 0 aliphatic heterocycles. The maximum Gasteiger partial charge on any atom is 0.264 e. The summed E-state index contributed by atoms with van der Waals surface area (Å²) in [5, 5.41) is 3.05. The third-order valence-electron chi connectivity index (χ3n) is 5.95. The Morgan fingerprint density at radius 1 is 0.974 bits per heavy atom. The molecule has 0 aromatic heterocycles. The predicted octanol–water partition coefficient (Wildman–Crippen LogP) is 4.92. The van der Waals surface area contributed by atoms with Crippen molar-refractivity contribution in [2.45, 2.75) is 51.2 Å². The van der Waals surface area contributed by atoms with Gasteiger partial charge in [0.25, 0.3) is 10.0 Å². The van der Waals surface area contributed by atoms with E-state index in [0.29, 0.717) is 10.6 Å². The van der Waals surface area contributed by atoms with E-state index in [4.69, 9.17) is 11.6 Å². The summed E-state index contributed by atoms with van der Waals surface area (Å²) >= 11 is 6.21. The quantitative estimate of drug-likeness (QED) is 0.382. The lowest BCUT2D eigenvalue weighted by Gasteiger charge is -2.32. The van der Waals surface area contributed by atoms with Crippen LogP contribution in [0.1, 0.15) is 31.9 Å². The number of carbonyl (C=O) groups excluding carboxylic acids is 2. The number of nitrogens with zero attached hydrogens (tertiary/aromatic N) is 2. The molecule has 0 bridgehead atoms. The van der Waals surface area contributed by atoms with Gasteiger partial charge in [0.2, 0.25) is 11.8 Å². The highest BCUT2D eigenvalue weighted by Crippen LogP contribution is 2.30. The molecule has 3 aromatic rings. The summed E-state index contributed by atoms with van der Waals surface area (Å²) in [7, 11) is -4.22. The third-order valence-corrected chi connectivity index (χ3v) is 7.96. The van der Waals surface area contributed by atoms with Gasteiger partial charge in [-0.1, -0.05) is 54.1 Å². The minimum Gasteiger partial charge on any atom is -0.352 e. The Balaban J connectivity index is 2.08. The van der Waals surface area contributed by atoms with Crippen LogP contribution in [-0.2, 0) is 26.2 Å². The molecule has 38 heavy (non-hydrogen) atoms. The number of sulfonamides is 1. The second-order valence-corrected chi connectivity index (χ2v) is 11.5. The fourth-order valence-electron chi connectivity index (χ4n) is 3.88. The highest BCUT2D eigenvalue weighted by Gasteiger charge is 2.33. The van der Waals surface area contributed by atoms with Crippen LogP contribution in [0.25, 0.3) is 0 Å². The number of halogens is 2. The number of benzene rings is 3. The highest BCUT2D eigenvalue weighted by atomic mass is 35.5. The van der Waals surface area contributed by atoms with Gasteiger partial charge in [-0.25, -0.2) is 12.8 Å². The van der Waals surface area contributed by atoms with Crippen LogP contribution in [0.3, 0.4) is 0 Å². The van der Waals surface area contributed by atoms with Gasteiger partial charge in [0.1, 0.15) is 18.4 Å². The molecule has 0 aliphatic carbocycles. The maximum atomic E-state index is 14.6. The van der Waals surface area contributed by atoms with E-state index in [1.54, 1.807) is 57.2 Å². The summed E-state index contributed by atoms with van der Waals surface area (Å²) in [6.45, 7) is 5.93. The number of rotatable bonds is 10. The number of aryl methyl sites for hydroxylation is 1. The largest absolute Gasteiger partial charge is 0.352 e. The van der Waals surface area contributed by atoms with Crippen LogP contribution >= 0.6 is 11.6 Å². The second-order valence-electron chi connectivity index (χ2n) is 9.21. The minimum absolute atomic E-state index is 0.0153. The molecule has 2 amide bonds. The fraction of sp³-hybridized carbons (Fsp3) is 0.286. The normalized spacial score (nSPS) is 12.2. The number of amides is 2. The van der Waals surface area contributed by atoms with Crippen LogP contribution in [0.4, 0.5) is 10.1 Å². The molecule has 0 unspecified atom stereocenters. The highest BCUT2D eigenvalue weighted by molar-refractivity contribution is 7.92. The van der Waals surface area contributed by atoms with Gasteiger partial charge in [-0.2, -0.15) is 0 Å². The first kappa shape index (κ1) is 29.1. The van der Waals surface area contributed by atoms with Crippen LogP contribution in [0, 0.1) is 12.7 Å². The first-order valence-corrected chi connectivity index (χ1v) is 13.9. The fourth-order valence-corrected chi connectivity index (χ4v) is 5.54. The van der Waals surface area contributed by atoms with Gasteiger partial charge in [0.05, 0.1) is 10.6 Å². The third kappa shape index (κ3) is 6.90. The Labute approximate surface area is 228 Å². The van der Waals surface area contributed by atoms with Gasteiger partial charge < -0.3 is 10.2 Å². The van der Waals surface area contributed by atoms with Crippen molar-refractivity contribution in [3.8, 4) is 0 Å². The van der Waals surface area contributed by atoms with Crippen molar-refractivity contribution >= 4 is 39.1 Å². The van der Waals surface area contributed by atoms with Crippen molar-refractivity contribution in [1.82, 2.24) is 10.2 Å². The van der Waals surface area contributed by atoms with Crippen LogP contribution in [-0.4, -0.2) is 43.8 Å². The number of hydrogen-bond donors (Lipinski definition) is 1. The average Bonchev–Trinajstić information content (AvgIpc) is 2.88. The Morgan fingerprint density at radius 3 is 2.24 bits per heavy atom. The molecule has 1 atom stereocenters. The van der Waals surface area contributed by atoms with E-state index in [9.17, 15) is 22.4 Å². The summed E-state index contributed by atoms with van der Waals surface area (Å²) in [4.78, 5) is 27.9.